The summed E-state index contributed by atoms with van der Waals surface area (Å²) >= 11 is 5.25. The van der Waals surface area contributed by atoms with Crippen molar-refractivity contribution in [1.29, 1.82) is 0 Å². The number of carbonyl (C=O) groups is 1. The van der Waals surface area contributed by atoms with Gasteiger partial charge in [-0.15, -0.1) is 11.3 Å². The van der Waals surface area contributed by atoms with Gasteiger partial charge in [0.1, 0.15) is 0 Å². The largest absolute Gasteiger partial charge is 0.335 e. The van der Waals surface area contributed by atoms with Crippen LogP contribution < -0.4 is 0 Å². The molecule has 1 amide bonds. The van der Waals surface area contributed by atoms with Crippen LogP contribution in [0.2, 0.25) is 0 Å². The Kier molecular flexibility index (Phi) is 5.25. The predicted octanol–water partition coefficient (Wildman–Crippen LogP) is 4.15. The normalized spacial score (nSPS) is 18.8. The van der Waals surface area contributed by atoms with Gasteiger partial charge in [0.25, 0.3) is 0 Å². The molecule has 1 aliphatic heterocycles. The molecule has 0 saturated heterocycles. The summed E-state index contributed by atoms with van der Waals surface area (Å²) in [7, 11) is 0. The van der Waals surface area contributed by atoms with Crippen molar-refractivity contribution in [3.05, 3.63) is 21.9 Å². The van der Waals surface area contributed by atoms with Crippen LogP contribution in [-0.2, 0) is 11.2 Å². The van der Waals surface area contributed by atoms with Gasteiger partial charge in [-0.3, -0.25) is 4.79 Å². The lowest BCUT2D eigenvalue weighted by molar-refractivity contribution is -0.134. The number of nitrogens with zero attached hydrogens (tertiary/aromatic N) is 1. The highest BCUT2D eigenvalue weighted by Crippen LogP contribution is 2.35. The lowest BCUT2D eigenvalue weighted by Crippen LogP contribution is -2.39. The van der Waals surface area contributed by atoms with Gasteiger partial charge in [-0.1, -0.05) is 22.9 Å². The lowest BCUT2D eigenvalue weighted by atomic mass is 9.97. The van der Waals surface area contributed by atoms with Gasteiger partial charge in [-0.2, -0.15) is 0 Å². The maximum absolute atomic E-state index is 12.3. The van der Waals surface area contributed by atoms with Crippen molar-refractivity contribution in [2.45, 2.75) is 45.1 Å². The average Bonchev–Trinajstić information content (AvgIpc) is 2.85. The highest BCUT2D eigenvalue weighted by atomic mass is 79.9. The summed E-state index contributed by atoms with van der Waals surface area (Å²) in [4.78, 5) is 15.9. The van der Waals surface area contributed by atoms with E-state index in [-0.39, 0.29) is 0 Å². The molecule has 0 aromatic carbocycles. The molecule has 0 N–H and O–H groups in total. The monoisotopic (exact) mass is 329 g/mol. The van der Waals surface area contributed by atoms with E-state index in [4.69, 9.17) is 0 Å². The van der Waals surface area contributed by atoms with E-state index in [0.717, 1.165) is 37.6 Å². The van der Waals surface area contributed by atoms with Gasteiger partial charge in [0.05, 0.1) is 6.04 Å². The van der Waals surface area contributed by atoms with Crippen LogP contribution in [0.5, 0.6) is 0 Å². The molecule has 0 aliphatic carbocycles. The van der Waals surface area contributed by atoms with Crippen LogP contribution in [0, 0.1) is 0 Å². The SMILES string of the molecule is CCC1c2ccsc2CCN1C(=O)CCCCBr. The van der Waals surface area contributed by atoms with Crippen LogP contribution in [-0.4, -0.2) is 22.7 Å². The van der Waals surface area contributed by atoms with Gasteiger partial charge in [0.15, 0.2) is 0 Å². The molecule has 1 aromatic rings. The van der Waals surface area contributed by atoms with Crippen LogP contribution >= 0.6 is 27.3 Å². The summed E-state index contributed by atoms with van der Waals surface area (Å²) in [5.74, 6) is 0.333. The van der Waals surface area contributed by atoms with Crippen molar-refractivity contribution in [2.24, 2.45) is 0 Å². The molecule has 2 rings (SSSR count). The quantitative estimate of drug-likeness (QED) is 0.587. The Hall–Kier alpha value is -0.350. The van der Waals surface area contributed by atoms with E-state index < -0.39 is 0 Å². The van der Waals surface area contributed by atoms with Crippen LogP contribution in [0.25, 0.3) is 0 Å². The Balaban J connectivity index is 2.03. The van der Waals surface area contributed by atoms with Gasteiger partial charge in [0, 0.05) is 23.2 Å². The number of carbonyl (C=O) groups excluding carboxylic acids is 1. The molecule has 0 spiro atoms. The molecular weight excluding hydrogens is 310 g/mol. The zero-order valence-electron chi connectivity index (χ0n) is 10.8. The second kappa shape index (κ2) is 6.71. The fraction of sp³-hybridized carbons (Fsp3) is 0.643. The molecule has 1 aromatic heterocycles. The zero-order valence-corrected chi connectivity index (χ0v) is 13.2. The molecule has 18 heavy (non-hydrogen) atoms. The number of fused-ring (bicyclic) bond motifs is 1. The number of amides is 1. The molecule has 1 unspecified atom stereocenters. The van der Waals surface area contributed by atoms with Crippen molar-refractivity contribution in [3.8, 4) is 0 Å². The second-order valence-electron chi connectivity index (χ2n) is 4.71. The Morgan fingerprint density at radius 3 is 3.11 bits per heavy atom. The molecule has 0 fully saturated rings. The van der Waals surface area contributed by atoms with Gasteiger partial charge in [-0.25, -0.2) is 0 Å². The molecule has 1 aliphatic rings. The van der Waals surface area contributed by atoms with Gasteiger partial charge in [0.2, 0.25) is 5.91 Å². The number of hydrogen-bond acceptors (Lipinski definition) is 2. The van der Waals surface area contributed by atoms with E-state index >= 15 is 0 Å². The van der Waals surface area contributed by atoms with E-state index in [1.165, 1.54) is 10.4 Å². The van der Waals surface area contributed by atoms with Crippen molar-refractivity contribution in [3.63, 3.8) is 0 Å². The third kappa shape index (κ3) is 2.97. The minimum Gasteiger partial charge on any atom is -0.335 e. The predicted molar refractivity (Wildman–Crippen MR) is 80.4 cm³/mol. The van der Waals surface area contributed by atoms with E-state index in [1.54, 1.807) is 0 Å². The molecule has 100 valence electrons. The third-order valence-corrected chi connectivity index (χ3v) is 5.13. The number of rotatable bonds is 5. The smallest absolute Gasteiger partial charge is 0.223 e. The van der Waals surface area contributed by atoms with Crippen molar-refractivity contribution < 1.29 is 4.79 Å². The molecule has 0 saturated carbocycles. The summed E-state index contributed by atoms with van der Waals surface area (Å²) in [6.07, 6.45) is 4.83. The van der Waals surface area contributed by atoms with Crippen LogP contribution in [0.1, 0.15) is 49.1 Å². The van der Waals surface area contributed by atoms with Gasteiger partial charge in [-0.05, 0) is 42.7 Å². The summed E-state index contributed by atoms with van der Waals surface area (Å²) in [6, 6.07) is 2.52. The van der Waals surface area contributed by atoms with Crippen LogP contribution in [0.15, 0.2) is 11.4 Å². The molecule has 2 nitrogen and oxygen atoms in total. The molecular formula is C14H20BrNOS. The first-order valence-corrected chi connectivity index (χ1v) is 8.69. The van der Waals surface area contributed by atoms with Crippen molar-refractivity contribution in [2.75, 3.05) is 11.9 Å². The fourth-order valence-corrected chi connectivity index (χ4v) is 3.97. The first-order valence-electron chi connectivity index (χ1n) is 6.69. The average molecular weight is 330 g/mol. The number of unbranched alkanes of at least 4 members (excludes halogenated alkanes) is 1. The Morgan fingerprint density at radius 2 is 2.39 bits per heavy atom. The van der Waals surface area contributed by atoms with Crippen LogP contribution in [0.3, 0.4) is 0 Å². The first kappa shape index (κ1) is 14.1. The summed E-state index contributed by atoms with van der Waals surface area (Å²) in [5.41, 5.74) is 1.39. The van der Waals surface area contributed by atoms with Gasteiger partial charge < -0.3 is 4.90 Å². The Labute approximate surface area is 122 Å². The zero-order chi connectivity index (χ0) is 13.0. The summed E-state index contributed by atoms with van der Waals surface area (Å²) in [6.45, 7) is 3.08. The van der Waals surface area contributed by atoms with Gasteiger partial charge >= 0.3 is 0 Å². The van der Waals surface area contributed by atoms with E-state index in [1.807, 2.05) is 11.3 Å². The van der Waals surface area contributed by atoms with E-state index in [2.05, 4.69) is 39.2 Å². The molecule has 4 heteroatoms. The molecule has 0 bridgehead atoms. The molecule has 1 atom stereocenters. The lowest BCUT2D eigenvalue weighted by Gasteiger charge is -2.35. The Morgan fingerprint density at radius 1 is 1.56 bits per heavy atom. The fourth-order valence-electron chi connectivity index (χ4n) is 2.65. The highest BCUT2D eigenvalue weighted by Gasteiger charge is 2.29. The first-order chi connectivity index (χ1) is 8.77. The van der Waals surface area contributed by atoms with Crippen molar-refractivity contribution in [1.82, 2.24) is 4.90 Å². The van der Waals surface area contributed by atoms with E-state index in [9.17, 15) is 4.79 Å². The Bertz CT molecular complexity index is 404. The minimum atomic E-state index is 0.316. The second-order valence-corrected chi connectivity index (χ2v) is 6.50. The van der Waals surface area contributed by atoms with Crippen LogP contribution in [0.4, 0.5) is 0 Å². The number of alkyl halides is 1. The third-order valence-electron chi connectivity index (χ3n) is 3.58. The topological polar surface area (TPSA) is 20.3 Å². The summed E-state index contributed by atoms with van der Waals surface area (Å²) in [5, 5.41) is 3.15. The van der Waals surface area contributed by atoms with E-state index in [0.29, 0.717) is 18.4 Å². The minimum absolute atomic E-state index is 0.316. The molecule has 2 heterocycles. The molecule has 0 radical (unpaired) electrons. The highest BCUT2D eigenvalue weighted by molar-refractivity contribution is 9.09. The maximum atomic E-state index is 12.3. The van der Waals surface area contributed by atoms with Crippen molar-refractivity contribution >= 4 is 33.2 Å². The number of halogens is 1. The standard InChI is InChI=1S/C14H20BrNOS/c1-2-12-11-7-10-18-13(11)6-9-16(12)14(17)5-3-4-8-15/h7,10,12H,2-6,8-9H2,1H3. The summed E-state index contributed by atoms with van der Waals surface area (Å²) < 4.78 is 0. The number of thiophene rings is 1. The number of hydrogen-bond donors (Lipinski definition) is 0. The maximum Gasteiger partial charge on any atom is 0.223 e.